The lowest BCUT2D eigenvalue weighted by Crippen LogP contribution is -2.30. The Kier molecular flexibility index (Phi) is 7.08. The smallest absolute Gasteiger partial charge is 0.307 e. The Bertz CT molecular complexity index is 476. The number of amides is 1. The van der Waals surface area contributed by atoms with Gasteiger partial charge in [-0.05, 0) is 19.1 Å². The average molecular weight is 294 g/mol. The number of hydrogen-bond acceptors (Lipinski definition) is 5. The monoisotopic (exact) mass is 294 g/mol. The van der Waals surface area contributed by atoms with Crippen LogP contribution in [0.5, 0.6) is 5.75 Å². The number of carbonyl (C=O) groups is 2. The van der Waals surface area contributed by atoms with Gasteiger partial charge in [0.25, 0.3) is 0 Å². The Morgan fingerprint density at radius 1 is 1.24 bits per heavy atom. The van der Waals surface area contributed by atoms with Crippen LogP contribution < -0.4 is 10.5 Å². The van der Waals surface area contributed by atoms with E-state index in [1.54, 1.807) is 26.1 Å². The third-order valence-electron chi connectivity index (χ3n) is 2.87. The fourth-order valence-corrected chi connectivity index (χ4v) is 1.67. The fourth-order valence-electron chi connectivity index (χ4n) is 1.67. The minimum atomic E-state index is -0.301. The Balaban J connectivity index is 2.27. The van der Waals surface area contributed by atoms with E-state index in [9.17, 15) is 9.59 Å². The minimum Gasteiger partial charge on any atom is -0.491 e. The Morgan fingerprint density at radius 2 is 1.95 bits per heavy atom. The molecule has 2 N–H and O–H groups in total. The van der Waals surface area contributed by atoms with Gasteiger partial charge in [0.15, 0.2) is 0 Å². The van der Waals surface area contributed by atoms with Crippen LogP contribution in [0.4, 0.5) is 5.69 Å². The molecule has 0 saturated carbocycles. The quantitative estimate of drug-likeness (QED) is 0.579. The number of anilines is 1. The number of hydrogen-bond donors (Lipinski definition) is 1. The van der Waals surface area contributed by atoms with E-state index in [0.29, 0.717) is 24.6 Å². The molecule has 6 heteroatoms. The number of carbonyl (C=O) groups excluding carboxylic acids is 2. The van der Waals surface area contributed by atoms with Crippen molar-refractivity contribution in [1.29, 1.82) is 0 Å². The molecule has 0 aliphatic rings. The molecule has 0 radical (unpaired) electrons. The molecule has 0 aliphatic heterocycles. The minimum absolute atomic E-state index is 0.0891. The summed E-state index contributed by atoms with van der Waals surface area (Å²) < 4.78 is 10.3. The number of nitrogens with zero attached hydrogens (tertiary/aromatic N) is 1. The van der Waals surface area contributed by atoms with Crippen molar-refractivity contribution < 1.29 is 19.1 Å². The lowest BCUT2D eigenvalue weighted by Gasteiger charge is -2.17. The van der Waals surface area contributed by atoms with E-state index in [4.69, 9.17) is 15.2 Å². The van der Waals surface area contributed by atoms with E-state index in [2.05, 4.69) is 0 Å². The number of esters is 1. The van der Waals surface area contributed by atoms with Crippen LogP contribution in [0.15, 0.2) is 24.3 Å². The highest BCUT2D eigenvalue weighted by Crippen LogP contribution is 2.19. The summed E-state index contributed by atoms with van der Waals surface area (Å²) in [4.78, 5) is 24.6. The van der Waals surface area contributed by atoms with Crippen LogP contribution in [0.25, 0.3) is 0 Å². The number of benzene rings is 1. The standard InChI is InChI=1S/C15H22N2O4/c1-3-20-15(19)8-10-17(2)14(18)9-11-21-13-7-5-4-6-12(13)16/h4-7H,3,8-11,16H2,1-2H3. The Hall–Kier alpha value is -2.24. The number of nitrogen functional groups attached to an aromatic ring is 1. The maximum absolute atomic E-state index is 11.9. The van der Waals surface area contributed by atoms with Crippen molar-refractivity contribution >= 4 is 17.6 Å². The largest absolute Gasteiger partial charge is 0.491 e. The van der Waals surface area contributed by atoms with Gasteiger partial charge in [-0.1, -0.05) is 12.1 Å². The third kappa shape index (κ3) is 6.16. The molecule has 1 rings (SSSR count). The zero-order valence-electron chi connectivity index (χ0n) is 12.5. The number of rotatable bonds is 8. The molecular weight excluding hydrogens is 272 g/mol. The van der Waals surface area contributed by atoms with Crippen molar-refractivity contribution in [3.8, 4) is 5.75 Å². The van der Waals surface area contributed by atoms with E-state index in [0.717, 1.165) is 0 Å². The molecule has 1 amide bonds. The lowest BCUT2D eigenvalue weighted by molar-refractivity contribution is -0.143. The van der Waals surface area contributed by atoms with Crippen LogP contribution >= 0.6 is 0 Å². The van der Waals surface area contributed by atoms with E-state index in [1.807, 2.05) is 12.1 Å². The normalized spacial score (nSPS) is 10.0. The van der Waals surface area contributed by atoms with Crippen LogP contribution in [0.1, 0.15) is 19.8 Å². The number of nitrogens with two attached hydrogens (primary N) is 1. The van der Waals surface area contributed by atoms with Gasteiger partial charge < -0.3 is 20.1 Å². The summed E-state index contributed by atoms with van der Waals surface area (Å²) in [6.07, 6.45) is 0.427. The molecule has 1 aromatic rings. The highest BCUT2D eigenvalue weighted by atomic mass is 16.5. The summed E-state index contributed by atoms with van der Waals surface area (Å²) in [5.74, 6) is 0.179. The number of ether oxygens (including phenoxy) is 2. The van der Waals surface area contributed by atoms with Crippen LogP contribution in [-0.4, -0.2) is 43.6 Å². The molecule has 0 aromatic heterocycles. The molecule has 0 aliphatic carbocycles. The van der Waals surface area contributed by atoms with Gasteiger partial charge in [0.2, 0.25) is 5.91 Å². The van der Waals surface area contributed by atoms with Gasteiger partial charge in [-0.15, -0.1) is 0 Å². The maximum atomic E-state index is 11.9. The summed E-state index contributed by atoms with van der Waals surface area (Å²) in [5.41, 5.74) is 6.28. The first-order valence-corrected chi connectivity index (χ1v) is 6.91. The van der Waals surface area contributed by atoms with Gasteiger partial charge in [0.1, 0.15) is 5.75 Å². The molecule has 0 spiro atoms. The summed E-state index contributed by atoms with van der Waals surface area (Å²) in [7, 11) is 1.65. The van der Waals surface area contributed by atoms with E-state index < -0.39 is 0 Å². The van der Waals surface area contributed by atoms with E-state index >= 15 is 0 Å². The van der Waals surface area contributed by atoms with E-state index in [1.165, 1.54) is 4.90 Å². The molecule has 0 heterocycles. The Labute approximate surface area is 124 Å². The van der Waals surface area contributed by atoms with Gasteiger partial charge in [-0.2, -0.15) is 0 Å². The zero-order valence-corrected chi connectivity index (χ0v) is 12.5. The molecule has 0 bridgehead atoms. The molecule has 0 atom stereocenters. The highest BCUT2D eigenvalue weighted by molar-refractivity contribution is 5.77. The van der Waals surface area contributed by atoms with Crippen molar-refractivity contribution in [2.75, 3.05) is 32.5 Å². The second-order valence-corrected chi connectivity index (χ2v) is 4.51. The van der Waals surface area contributed by atoms with Gasteiger partial charge in [0.05, 0.1) is 31.7 Å². The van der Waals surface area contributed by atoms with Gasteiger partial charge in [0, 0.05) is 13.6 Å². The molecule has 6 nitrogen and oxygen atoms in total. The first kappa shape index (κ1) is 16.8. The van der Waals surface area contributed by atoms with Crippen molar-refractivity contribution in [2.45, 2.75) is 19.8 Å². The first-order valence-electron chi connectivity index (χ1n) is 6.91. The lowest BCUT2D eigenvalue weighted by atomic mass is 10.3. The van der Waals surface area contributed by atoms with Crippen LogP contribution in [0, 0.1) is 0 Å². The van der Waals surface area contributed by atoms with Crippen molar-refractivity contribution in [1.82, 2.24) is 4.90 Å². The first-order chi connectivity index (χ1) is 10.0. The van der Waals surface area contributed by atoms with Crippen molar-refractivity contribution in [2.24, 2.45) is 0 Å². The summed E-state index contributed by atoms with van der Waals surface area (Å²) in [6.45, 7) is 2.68. The zero-order chi connectivity index (χ0) is 15.7. The van der Waals surface area contributed by atoms with Gasteiger partial charge in [-0.25, -0.2) is 0 Å². The molecule has 0 fully saturated rings. The van der Waals surface area contributed by atoms with Crippen molar-refractivity contribution in [3.05, 3.63) is 24.3 Å². The predicted molar refractivity (Wildman–Crippen MR) is 79.9 cm³/mol. The molecule has 21 heavy (non-hydrogen) atoms. The van der Waals surface area contributed by atoms with Crippen LogP contribution in [0.2, 0.25) is 0 Å². The van der Waals surface area contributed by atoms with E-state index in [-0.39, 0.29) is 31.3 Å². The topological polar surface area (TPSA) is 81.9 Å². The average Bonchev–Trinajstić information content (AvgIpc) is 2.47. The SMILES string of the molecule is CCOC(=O)CCN(C)C(=O)CCOc1ccccc1N. The summed E-state index contributed by atoms with van der Waals surface area (Å²) in [6, 6.07) is 7.13. The fraction of sp³-hybridized carbons (Fsp3) is 0.467. The maximum Gasteiger partial charge on any atom is 0.307 e. The summed E-state index contributed by atoms with van der Waals surface area (Å²) in [5, 5.41) is 0. The van der Waals surface area contributed by atoms with Gasteiger partial charge >= 0.3 is 5.97 Å². The highest BCUT2D eigenvalue weighted by Gasteiger charge is 2.11. The third-order valence-corrected chi connectivity index (χ3v) is 2.87. The second-order valence-electron chi connectivity index (χ2n) is 4.51. The Morgan fingerprint density at radius 3 is 2.62 bits per heavy atom. The van der Waals surface area contributed by atoms with Crippen LogP contribution in [-0.2, 0) is 14.3 Å². The van der Waals surface area contributed by atoms with Crippen molar-refractivity contribution in [3.63, 3.8) is 0 Å². The second kappa shape index (κ2) is 8.84. The predicted octanol–water partition coefficient (Wildman–Crippen LogP) is 1.45. The molecule has 116 valence electrons. The molecule has 0 saturated heterocycles. The number of para-hydroxylation sites is 2. The molecule has 1 aromatic carbocycles. The van der Waals surface area contributed by atoms with Gasteiger partial charge in [-0.3, -0.25) is 9.59 Å². The van der Waals surface area contributed by atoms with Crippen LogP contribution in [0.3, 0.4) is 0 Å². The molecular formula is C15H22N2O4. The molecule has 0 unspecified atom stereocenters. The summed E-state index contributed by atoms with van der Waals surface area (Å²) >= 11 is 0.